The maximum atomic E-state index is 4.16. The molecule has 0 heterocycles. The zero-order valence-electron chi connectivity index (χ0n) is 10.0. The van der Waals surface area contributed by atoms with E-state index < -0.39 is 0 Å². The van der Waals surface area contributed by atoms with Crippen LogP contribution in [0.25, 0.3) is 0 Å². The monoisotopic (exact) mass is 293 g/mol. The number of hydrogen-bond acceptors (Lipinski definition) is 1. The summed E-state index contributed by atoms with van der Waals surface area (Å²) in [5.74, 6) is 1.01. The normalized spacial score (nSPS) is 11.5. The molecule has 0 nitrogen and oxygen atoms in total. The molecule has 2 aliphatic carbocycles. The summed E-state index contributed by atoms with van der Waals surface area (Å²) < 4.78 is 0. The number of thiol groups is 1. The van der Waals surface area contributed by atoms with Crippen molar-refractivity contribution in [1.82, 2.24) is 0 Å². The smallest absolute Gasteiger partial charge is 0.291 e. The topological polar surface area (TPSA) is 0 Å². The first-order chi connectivity index (χ1) is 8.43. The van der Waals surface area contributed by atoms with Crippen LogP contribution >= 0.6 is 12.6 Å². The Labute approximate surface area is 125 Å². The molecule has 0 saturated carbocycles. The second-order valence-corrected chi connectivity index (χ2v) is 3.94. The third-order valence-corrected chi connectivity index (χ3v) is 2.45. The van der Waals surface area contributed by atoms with Crippen LogP contribution in [0, 0.1) is 18.2 Å². The second-order valence-electron chi connectivity index (χ2n) is 3.49. The predicted octanol–water partition coefficient (Wildman–Crippen LogP) is 3.70. The molecule has 0 aromatic carbocycles. The molecule has 1 radical (unpaired) electrons. The van der Waals surface area contributed by atoms with Gasteiger partial charge in [-0.1, -0.05) is 19.3 Å². The fourth-order valence-corrected chi connectivity index (χ4v) is 1.52. The minimum atomic E-state index is 0. The Morgan fingerprint density at radius 2 is 1.78 bits per heavy atom. The van der Waals surface area contributed by atoms with E-state index in [1.165, 1.54) is 25.7 Å². The molecule has 0 atom stereocenters. The van der Waals surface area contributed by atoms with Gasteiger partial charge in [-0.2, -0.15) is 12.6 Å². The largest absolute Gasteiger partial charge is 2.00 e. The number of hydrogen-bond donors (Lipinski definition) is 1. The van der Waals surface area contributed by atoms with E-state index in [0.29, 0.717) is 0 Å². The van der Waals surface area contributed by atoms with Crippen molar-refractivity contribution in [2.24, 2.45) is 0 Å². The molecule has 0 spiro atoms. The Bertz CT molecular complexity index is 487. The average molecular weight is 293 g/mol. The molecule has 0 aromatic rings. The summed E-state index contributed by atoms with van der Waals surface area (Å²) in [6.45, 7) is 0. The molecule has 0 fully saturated rings. The first kappa shape index (κ1) is 17.0. The first-order valence-electron chi connectivity index (χ1n) is 5.67. The molecule has 0 aromatic heterocycles. The summed E-state index contributed by atoms with van der Waals surface area (Å²) >= 11 is 4.16. The van der Waals surface area contributed by atoms with Crippen LogP contribution in [0.4, 0.5) is 0 Å². The zero-order chi connectivity index (χ0) is 12.2. The van der Waals surface area contributed by atoms with Crippen LogP contribution in [0.3, 0.4) is 0 Å². The maximum Gasteiger partial charge on any atom is 2.00 e. The third kappa shape index (κ3) is 9.10. The van der Waals surface area contributed by atoms with E-state index in [2.05, 4.69) is 65.2 Å². The van der Waals surface area contributed by atoms with Crippen molar-refractivity contribution >= 4 is 12.6 Å². The van der Waals surface area contributed by atoms with E-state index >= 15 is 0 Å². The number of unbranched alkanes of at least 4 members (excludes halogenated alkanes) is 3. The van der Waals surface area contributed by atoms with Crippen LogP contribution in [0.2, 0.25) is 0 Å². The zero-order valence-corrected chi connectivity index (χ0v) is 12.0. The summed E-state index contributed by atoms with van der Waals surface area (Å²) in [6.07, 6.45) is 14.1. The van der Waals surface area contributed by atoms with Gasteiger partial charge in [0.1, 0.15) is 0 Å². The van der Waals surface area contributed by atoms with Crippen molar-refractivity contribution < 1.29 is 17.1 Å². The predicted molar refractivity (Wildman–Crippen MR) is 71.3 cm³/mol. The van der Waals surface area contributed by atoms with Crippen LogP contribution in [0.5, 0.6) is 0 Å². The molecule has 91 valence electrons. The fraction of sp³-hybridized carbons (Fsp3) is 0.375. The first-order valence-corrected chi connectivity index (χ1v) is 6.30. The van der Waals surface area contributed by atoms with E-state index in [4.69, 9.17) is 0 Å². The molecule has 2 aliphatic rings. The third-order valence-electron chi connectivity index (χ3n) is 2.14. The van der Waals surface area contributed by atoms with Gasteiger partial charge in [-0.25, -0.2) is 11.5 Å². The summed E-state index contributed by atoms with van der Waals surface area (Å²) in [6, 6.07) is 0. The van der Waals surface area contributed by atoms with Crippen molar-refractivity contribution in [3.63, 3.8) is 0 Å². The van der Waals surface area contributed by atoms with Gasteiger partial charge in [-0.05, 0) is 18.6 Å². The Morgan fingerprint density at radius 3 is 2.28 bits per heavy atom. The van der Waals surface area contributed by atoms with Gasteiger partial charge in [0.2, 0.25) is 0 Å². The van der Waals surface area contributed by atoms with Gasteiger partial charge in [0.25, 0.3) is 0 Å². The summed E-state index contributed by atoms with van der Waals surface area (Å²) in [5, 5.41) is 0. The second kappa shape index (κ2) is 12.5. The van der Waals surface area contributed by atoms with Gasteiger partial charge < -0.3 is 0 Å². The molecule has 2 rings (SSSR count). The van der Waals surface area contributed by atoms with Crippen LogP contribution < -0.4 is 0 Å². The summed E-state index contributed by atoms with van der Waals surface area (Å²) in [5.41, 5.74) is 17.1. The molecule has 0 aliphatic heterocycles. The molecule has 0 unspecified atom stereocenters. The van der Waals surface area contributed by atoms with E-state index in [1.54, 1.807) is 0 Å². The maximum absolute atomic E-state index is 4.16. The quantitative estimate of drug-likeness (QED) is 0.249. The van der Waals surface area contributed by atoms with Crippen LogP contribution in [-0.4, -0.2) is 5.75 Å². The molecular formula is C16H13FeS. The van der Waals surface area contributed by atoms with Crippen molar-refractivity contribution in [2.45, 2.75) is 32.1 Å². The van der Waals surface area contributed by atoms with E-state index in [-0.39, 0.29) is 17.1 Å². The van der Waals surface area contributed by atoms with Gasteiger partial charge in [0, 0.05) is 0 Å². The minimum absolute atomic E-state index is 0. The number of allylic oxidation sites excluding steroid dienone is 4. The SMILES string of the molecule is SCCCCCCC1=C=C=C=[C-]1.[C]1=C=C=C=[C-]1.[Fe+2]. The summed E-state index contributed by atoms with van der Waals surface area (Å²) in [7, 11) is 0. The molecular weight excluding hydrogens is 280 g/mol. The van der Waals surface area contributed by atoms with Crippen molar-refractivity contribution in [3.05, 3.63) is 58.2 Å². The summed E-state index contributed by atoms with van der Waals surface area (Å²) in [4.78, 5) is 0. The van der Waals surface area contributed by atoms with Crippen LogP contribution in [-0.2, 0) is 17.1 Å². The van der Waals surface area contributed by atoms with Gasteiger partial charge in [-0.3, -0.25) is 22.9 Å². The Morgan fingerprint density at radius 1 is 0.944 bits per heavy atom. The minimum Gasteiger partial charge on any atom is -0.291 e. The number of rotatable bonds is 6. The van der Waals surface area contributed by atoms with Gasteiger partial charge in [-0.15, -0.1) is 23.8 Å². The van der Waals surface area contributed by atoms with E-state index in [0.717, 1.165) is 17.7 Å². The fourth-order valence-electron chi connectivity index (χ4n) is 1.29. The van der Waals surface area contributed by atoms with Crippen molar-refractivity contribution in [3.8, 4) is 0 Å². The molecule has 0 bridgehead atoms. The molecule has 2 heteroatoms. The molecule has 18 heavy (non-hydrogen) atoms. The van der Waals surface area contributed by atoms with Gasteiger partial charge >= 0.3 is 17.1 Å². The Hall–Kier alpha value is -0.971. The van der Waals surface area contributed by atoms with E-state index in [9.17, 15) is 0 Å². The van der Waals surface area contributed by atoms with Gasteiger partial charge in [0.05, 0.1) is 0 Å². The van der Waals surface area contributed by atoms with Crippen LogP contribution in [0.1, 0.15) is 32.1 Å². The van der Waals surface area contributed by atoms with Crippen molar-refractivity contribution in [1.29, 1.82) is 0 Å². The standard InChI is InChI=1S/C11H13S.C5.Fe/c12-10-6-2-1-3-7-11-8-4-5-9-11;1-2-4-5-3-1;/h12H,1-3,6-7,10H2;;/q2*-1;+2. The van der Waals surface area contributed by atoms with Crippen LogP contribution in [0.15, 0.2) is 40.0 Å². The van der Waals surface area contributed by atoms with E-state index in [1.807, 2.05) is 0 Å². The molecule has 0 N–H and O–H groups in total. The van der Waals surface area contributed by atoms with Crippen molar-refractivity contribution in [2.75, 3.05) is 5.75 Å². The Kier molecular flexibility index (Phi) is 11.8. The molecule has 0 amide bonds. The molecule has 0 saturated heterocycles. The average Bonchev–Trinajstić information content (AvgIpc) is 3.05. The van der Waals surface area contributed by atoms with Gasteiger partial charge in [0.15, 0.2) is 0 Å². The Balaban J connectivity index is 0.000000405.